The number of hydrogen-bond donors (Lipinski definition) is 1. The van der Waals surface area contributed by atoms with E-state index in [0.29, 0.717) is 34.7 Å². The van der Waals surface area contributed by atoms with E-state index < -0.39 is 6.04 Å². The van der Waals surface area contributed by atoms with Crippen molar-refractivity contribution < 1.29 is 13.7 Å². The summed E-state index contributed by atoms with van der Waals surface area (Å²) in [6, 6.07) is 17.5. The molecular formula is C25H21FN4O2S2. The fraction of sp³-hybridized carbons (Fsp3) is 0.160. The second-order valence-corrected chi connectivity index (χ2v) is 9.18. The maximum Gasteiger partial charge on any atom is 0.258 e. The molecule has 1 N–H and O–H groups in total. The van der Waals surface area contributed by atoms with Gasteiger partial charge in [-0.3, -0.25) is 0 Å². The largest absolute Gasteiger partial charge is 0.497 e. The summed E-state index contributed by atoms with van der Waals surface area (Å²) in [6.07, 6.45) is 0. The van der Waals surface area contributed by atoms with Gasteiger partial charge in [0.05, 0.1) is 25.3 Å². The van der Waals surface area contributed by atoms with Crippen LogP contribution in [0.1, 0.15) is 29.3 Å². The zero-order chi connectivity index (χ0) is 23.7. The molecule has 1 aliphatic heterocycles. The predicted octanol–water partition coefficient (Wildman–Crippen LogP) is 5.81. The first-order chi connectivity index (χ1) is 16.5. The van der Waals surface area contributed by atoms with Gasteiger partial charge in [0.15, 0.2) is 5.11 Å². The normalized spacial score (nSPS) is 16.0. The van der Waals surface area contributed by atoms with Crippen molar-refractivity contribution in [2.75, 3.05) is 7.11 Å². The Hall–Kier alpha value is -3.56. The molecule has 2 aromatic carbocycles. The monoisotopic (exact) mass is 492 g/mol. The number of allylic oxidation sites excluding steroid dienone is 1. The third kappa shape index (κ3) is 4.32. The van der Waals surface area contributed by atoms with Crippen LogP contribution in [-0.2, 0) is 6.54 Å². The zero-order valence-corrected chi connectivity index (χ0v) is 20.1. The van der Waals surface area contributed by atoms with E-state index in [2.05, 4.69) is 16.5 Å². The predicted molar refractivity (Wildman–Crippen MR) is 134 cm³/mol. The minimum absolute atomic E-state index is 0.328. The molecular weight excluding hydrogens is 471 g/mol. The van der Waals surface area contributed by atoms with Crippen molar-refractivity contribution in [1.82, 2.24) is 20.4 Å². The van der Waals surface area contributed by atoms with Crippen molar-refractivity contribution in [2.24, 2.45) is 0 Å². The van der Waals surface area contributed by atoms with Gasteiger partial charge >= 0.3 is 0 Å². The van der Waals surface area contributed by atoms with E-state index in [0.717, 1.165) is 21.7 Å². The molecule has 3 heterocycles. The van der Waals surface area contributed by atoms with Crippen molar-refractivity contribution in [1.29, 1.82) is 0 Å². The van der Waals surface area contributed by atoms with Gasteiger partial charge in [-0.05, 0) is 60.4 Å². The van der Waals surface area contributed by atoms with Crippen LogP contribution in [0.4, 0.5) is 4.39 Å². The van der Waals surface area contributed by atoms with Gasteiger partial charge in [0, 0.05) is 16.1 Å². The molecule has 6 nitrogen and oxygen atoms in total. The molecule has 5 rings (SSSR count). The van der Waals surface area contributed by atoms with Crippen LogP contribution >= 0.6 is 23.6 Å². The number of thiocarbonyl (C=S) groups is 1. The van der Waals surface area contributed by atoms with E-state index in [4.69, 9.17) is 26.5 Å². The third-order valence-corrected chi connectivity index (χ3v) is 6.86. The van der Waals surface area contributed by atoms with Gasteiger partial charge in [0.2, 0.25) is 5.82 Å². The summed E-state index contributed by atoms with van der Waals surface area (Å²) in [6.45, 7) is 2.57. The van der Waals surface area contributed by atoms with Crippen LogP contribution in [0.25, 0.3) is 17.0 Å². The van der Waals surface area contributed by atoms with Crippen molar-refractivity contribution in [3.63, 3.8) is 0 Å². The highest BCUT2D eigenvalue weighted by atomic mass is 32.1. The average Bonchev–Trinajstić information content (AvgIpc) is 3.54. The summed E-state index contributed by atoms with van der Waals surface area (Å²) in [5.74, 6) is 1.15. The highest BCUT2D eigenvalue weighted by Crippen LogP contribution is 2.38. The van der Waals surface area contributed by atoms with Gasteiger partial charge in [0.25, 0.3) is 5.89 Å². The quantitative estimate of drug-likeness (QED) is 0.341. The number of methoxy groups -OCH3 is 1. The lowest BCUT2D eigenvalue weighted by Gasteiger charge is -2.37. The van der Waals surface area contributed by atoms with Crippen LogP contribution in [0.3, 0.4) is 0 Å². The second-order valence-electron chi connectivity index (χ2n) is 7.76. The molecule has 9 heteroatoms. The van der Waals surface area contributed by atoms with Gasteiger partial charge in [-0.25, -0.2) is 4.39 Å². The van der Waals surface area contributed by atoms with Gasteiger partial charge in [-0.15, -0.1) is 11.3 Å². The van der Waals surface area contributed by atoms with Crippen LogP contribution < -0.4 is 10.1 Å². The molecule has 1 atom stereocenters. The van der Waals surface area contributed by atoms with Crippen LogP contribution in [-0.4, -0.2) is 27.3 Å². The summed E-state index contributed by atoms with van der Waals surface area (Å²) < 4.78 is 25.2. The Bertz CT molecular complexity index is 1370. The minimum atomic E-state index is -0.443. The summed E-state index contributed by atoms with van der Waals surface area (Å²) in [7, 11) is 1.61. The van der Waals surface area contributed by atoms with Crippen LogP contribution in [0.15, 0.2) is 76.3 Å². The summed E-state index contributed by atoms with van der Waals surface area (Å²) in [5, 5.41) is 10.2. The van der Waals surface area contributed by atoms with Crippen molar-refractivity contribution >= 4 is 34.2 Å². The highest BCUT2D eigenvalue weighted by Gasteiger charge is 2.34. The molecule has 0 saturated heterocycles. The van der Waals surface area contributed by atoms with E-state index in [1.54, 1.807) is 24.5 Å². The number of thiophene rings is 1. The number of ether oxygens (including phenoxy) is 1. The molecule has 0 saturated carbocycles. The second kappa shape index (κ2) is 9.36. The molecule has 0 bridgehead atoms. The Morgan fingerprint density at radius 1 is 1.18 bits per heavy atom. The van der Waals surface area contributed by atoms with E-state index in [9.17, 15) is 4.39 Å². The third-order valence-electron chi connectivity index (χ3n) is 5.66. The molecule has 0 aliphatic carbocycles. The average molecular weight is 493 g/mol. The van der Waals surface area contributed by atoms with Gasteiger partial charge < -0.3 is 19.5 Å². The summed E-state index contributed by atoms with van der Waals surface area (Å²) in [5.41, 5.74) is 3.10. The SMILES string of the molecule is COc1cccc(-c2noc(C3=C(C)N(Cc4cccs4)C(=S)NC3c3cccc(F)c3)n2)c1. The van der Waals surface area contributed by atoms with E-state index >= 15 is 0 Å². The standard InChI is InChI=1S/C25H21FN4O2S2/c1-15-21(24-28-23(29-32-24)17-7-4-9-19(13-17)31-2)22(16-6-3-8-18(26)12-16)27-25(33)30(15)14-20-10-5-11-34-20/h3-13,22H,14H2,1-2H3,(H,27,33). The fourth-order valence-corrected chi connectivity index (χ4v) is 4.97. The van der Waals surface area contributed by atoms with Crippen molar-refractivity contribution in [2.45, 2.75) is 19.5 Å². The van der Waals surface area contributed by atoms with E-state index in [1.165, 1.54) is 12.1 Å². The first kappa shape index (κ1) is 22.2. The molecule has 0 amide bonds. The smallest absolute Gasteiger partial charge is 0.258 e. The molecule has 0 spiro atoms. The Kier molecular flexibility index (Phi) is 6.12. The van der Waals surface area contributed by atoms with Crippen molar-refractivity contribution in [3.8, 4) is 17.1 Å². The Labute approximate surface area is 205 Å². The molecule has 2 aromatic heterocycles. The molecule has 4 aromatic rings. The minimum Gasteiger partial charge on any atom is -0.497 e. The number of nitrogens with zero attached hydrogens (tertiary/aromatic N) is 3. The van der Waals surface area contributed by atoms with Crippen LogP contribution in [0.5, 0.6) is 5.75 Å². The van der Waals surface area contributed by atoms with Crippen LogP contribution in [0, 0.1) is 5.82 Å². The molecule has 0 radical (unpaired) electrons. The first-order valence-corrected chi connectivity index (χ1v) is 11.9. The lowest BCUT2D eigenvalue weighted by atomic mass is 9.94. The molecule has 172 valence electrons. The Morgan fingerprint density at radius 2 is 2.03 bits per heavy atom. The number of rotatable bonds is 6. The van der Waals surface area contributed by atoms with Gasteiger partial charge in [0.1, 0.15) is 11.6 Å². The number of halogens is 1. The number of hydrogen-bond acceptors (Lipinski definition) is 6. The fourth-order valence-electron chi connectivity index (χ4n) is 3.96. The summed E-state index contributed by atoms with van der Waals surface area (Å²) in [4.78, 5) is 7.86. The Morgan fingerprint density at radius 3 is 2.79 bits per heavy atom. The van der Waals surface area contributed by atoms with Gasteiger partial charge in [-0.1, -0.05) is 35.5 Å². The van der Waals surface area contributed by atoms with E-state index in [1.807, 2.05) is 53.6 Å². The number of nitrogens with one attached hydrogen (secondary N) is 1. The molecule has 34 heavy (non-hydrogen) atoms. The van der Waals surface area contributed by atoms with Gasteiger partial charge in [-0.2, -0.15) is 4.98 Å². The Balaban J connectivity index is 1.60. The number of aromatic nitrogens is 2. The molecule has 0 fully saturated rings. The summed E-state index contributed by atoms with van der Waals surface area (Å²) >= 11 is 7.37. The number of benzene rings is 2. The highest BCUT2D eigenvalue weighted by molar-refractivity contribution is 7.80. The lowest BCUT2D eigenvalue weighted by molar-refractivity contribution is 0.396. The maximum atomic E-state index is 14.1. The zero-order valence-electron chi connectivity index (χ0n) is 18.5. The molecule has 1 unspecified atom stereocenters. The van der Waals surface area contributed by atoms with Crippen LogP contribution in [0.2, 0.25) is 0 Å². The topological polar surface area (TPSA) is 63.4 Å². The maximum absolute atomic E-state index is 14.1. The lowest BCUT2D eigenvalue weighted by Crippen LogP contribution is -2.45. The molecule has 1 aliphatic rings. The van der Waals surface area contributed by atoms with E-state index in [-0.39, 0.29) is 5.82 Å². The van der Waals surface area contributed by atoms with Crippen molar-refractivity contribution in [3.05, 3.63) is 93.9 Å². The first-order valence-electron chi connectivity index (χ1n) is 10.6.